The Morgan fingerprint density at radius 2 is 2.42 bits per heavy atom. The summed E-state index contributed by atoms with van der Waals surface area (Å²) in [6.45, 7) is 0. The molecule has 3 nitrogen and oxygen atoms in total. The van der Waals surface area contributed by atoms with Gasteiger partial charge in [0.2, 0.25) is 0 Å². The van der Waals surface area contributed by atoms with Crippen molar-refractivity contribution in [1.29, 1.82) is 0 Å². The molecule has 12 heavy (non-hydrogen) atoms. The maximum Gasteiger partial charge on any atom is 0.0703 e. The molecule has 2 rings (SSSR count). The molecule has 0 radical (unpaired) electrons. The summed E-state index contributed by atoms with van der Waals surface area (Å²) in [5.74, 6) is 5.88. The average Bonchev–Trinajstić information content (AvgIpc) is 2.02. The number of nitrogens with two attached hydrogens (primary N) is 1. The van der Waals surface area contributed by atoms with E-state index in [0.717, 1.165) is 25.0 Å². The van der Waals surface area contributed by atoms with Gasteiger partial charge < -0.3 is 10.9 Å². The Morgan fingerprint density at radius 1 is 1.58 bits per heavy atom. The highest BCUT2D eigenvalue weighted by molar-refractivity contribution is 5.86. The Kier molecular flexibility index (Phi) is 1.83. The lowest BCUT2D eigenvalue weighted by molar-refractivity contribution is -0.0180. The van der Waals surface area contributed by atoms with Crippen molar-refractivity contribution < 1.29 is 5.11 Å². The minimum absolute atomic E-state index is 0.459. The van der Waals surface area contributed by atoms with E-state index in [0.29, 0.717) is 12.3 Å². The zero-order valence-electron chi connectivity index (χ0n) is 7.29. The fourth-order valence-corrected chi connectivity index (χ4v) is 2.68. The van der Waals surface area contributed by atoms with Crippen LogP contribution < -0.4 is 5.84 Å². The summed E-state index contributed by atoms with van der Waals surface area (Å²) < 4.78 is 0. The molecule has 0 aromatic rings. The second kappa shape index (κ2) is 2.73. The predicted molar refractivity (Wildman–Crippen MR) is 47.8 cm³/mol. The van der Waals surface area contributed by atoms with Crippen LogP contribution in [0.1, 0.15) is 38.5 Å². The lowest BCUT2D eigenvalue weighted by Gasteiger charge is -2.41. The third-order valence-electron chi connectivity index (χ3n) is 3.16. The third-order valence-corrected chi connectivity index (χ3v) is 3.16. The second-order valence-corrected chi connectivity index (χ2v) is 4.26. The molecule has 0 aromatic heterocycles. The van der Waals surface area contributed by atoms with Gasteiger partial charge >= 0.3 is 0 Å². The van der Waals surface area contributed by atoms with E-state index in [9.17, 15) is 5.11 Å². The summed E-state index contributed by atoms with van der Waals surface area (Å²) in [7, 11) is 0. The smallest absolute Gasteiger partial charge is 0.0703 e. The van der Waals surface area contributed by atoms with Crippen LogP contribution in [0.4, 0.5) is 0 Å². The number of hydrogen-bond acceptors (Lipinski definition) is 3. The van der Waals surface area contributed by atoms with Crippen LogP contribution in [0, 0.1) is 5.92 Å². The van der Waals surface area contributed by atoms with E-state index in [1.807, 2.05) is 0 Å². The van der Waals surface area contributed by atoms with E-state index < -0.39 is 5.60 Å². The lowest BCUT2D eigenvalue weighted by atomic mass is 9.68. The van der Waals surface area contributed by atoms with Crippen LogP contribution in [0.2, 0.25) is 0 Å². The Bertz CT molecular complexity index is 215. The van der Waals surface area contributed by atoms with Crippen molar-refractivity contribution in [3.8, 4) is 0 Å². The minimum Gasteiger partial charge on any atom is -0.389 e. The quantitative estimate of drug-likeness (QED) is 0.419. The maximum absolute atomic E-state index is 10.1. The lowest BCUT2D eigenvalue weighted by Crippen LogP contribution is -2.42. The van der Waals surface area contributed by atoms with E-state index in [-0.39, 0.29) is 0 Å². The van der Waals surface area contributed by atoms with Crippen LogP contribution in [0.25, 0.3) is 0 Å². The van der Waals surface area contributed by atoms with Crippen LogP contribution in [0.3, 0.4) is 0 Å². The number of aliphatic hydroxyl groups is 1. The van der Waals surface area contributed by atoms with Crippen LogP contribution in [0.15, 0.2) is 5.10 Å². The van der Waals surface area contributed by atoms with E-state index in [1.54, 1.807) is 0 Å². The first-order valence-corrected chi connectivity index (χ1v) is 4.70. The van der Waals surface area contributed by atoms with Crippen LogP contribution in [0.5, 0.6) is 0 Å². The molecule has 0 heterocycles. The van der Waals surface area contributed by atoms with Gasteiger partial charge in [-0.15, -0.1) is 0 Å². The molecule has 0 spiro atoms. The van der Waals surface area contributed by atoms with E-state index in [1.165, 1.54) is 12.8 Å². The number of hydrogen-bond donors (Lipinski definition) is 2. The molecule has 0 unspecified atom stereocenters. The number of fused-ring (bicyclic) bond motifs is 2. The highest BCUT2D eigenvalue weighted by Crippen LogP contribution is 2.41. The molecule has 0 saturated heterocycles. The van der Waals surface area contributed by atoms with Crippen molar-refractivity contribution in [2.75, 3.05) is 0 Å². The molecular formula is C9H16N2O. The van der Waals surface area contributed by atoms with Crippen molar-refractivity contribution in [2.45, 2.75) is 44.1 Å². The average molecular weight is 168 g/mol. The largest absolute Gasteiger partial charge is 0.389 e. The normalized spacial score (nSPS) is 44.8. The number of nitrogens with zero attached hydrogens (tertiary/aromatic N) is 1. The van der Waals surface area contributed by atoms with Gasteiger partial charge in [-0.05, 0) is 31.6 Å². The van der Waals surface area contributed by atoms with Crippen molar-refractivity contribution in [1.82, 2.24) is 0 Å². The molecule has 2 aliphatic rings. The fraction of sp³-hybridized carbons (Fsp3) is 0.889. The Hall–Kier alpha value is -0.570. The van der Waals surface area contributed by atoms with Gasteiger partial charge in [0.25, 0.3) is 0 Å². The van der Waals surface area contributed by atoms with Gasteiger partial charge in [0.1, 0.15) is 0 Å². The summed E-state index contributed by atoms with van der Waals surface area (Å²) in [4.78, 5) is 0. The van der Waals surface area contributed by atoms with E-state index in [2.05, 4.69) is 5.10 Å². The van der Waals surface area contributed by atoms with Crippen molar-refractivity contribution in [3.05, 3.63) is 0 Å². The van der Waals surface area contributed by atoms with Gasteiger partial charge in [0.15, 0.2) is 0 Å². The second-order valence-electron chi connectivity index (χ2n) is 4.26. The monoisotopic (exact) mass is 168 g/mol. The third kappa shape index (κ3) is 1.33. The van der Waals surface area contributed by atoms with Crippen LogP contribution in [-0.4, -0.2) is 16.4 Å². The highest BCUT2D eigenvalue weighted by atomic mass is 16.3. The van der Waals surface area contributed by atoms with Gasteiger partial charge in [-0.3, -0.25) is 0 Å². The van der Waals surface area contributed by atoms with Gasteiger partial charge in [-0.1, -0.05) is 6.42 Å². The summed E-state index contributed by atoms with van der Waals surface area (Å²) >= 11 is 0. The van der Waals surface area contributed by atoms with Gasteiger partial charge in [0.05, 0.1) is 5.60 Å². The molecule has 68 valence electrons. The molecule has 2 fully saturated rings. The van der Waals surface area contributed by atoms with Gasteiger partial charge in [-0.25, -0.2) is 0 Å². The Balaban J connectivity index is 2.15. The van der Waals surface area contributed by atoms with Crippen molar-refractivity contribution >= 4 is 5.71 Å². The number of hydrazone groups is 1. The molecule has 3 N–H and O–H groups in total. The molecular weight excluding hydrogens is 152 g/mol. The first-order chi connectivity index (χ1) is 5.72. The molecule has 0 aliphatic heterocycles. The molecule has 0 amide bonds. The van der Waals surface area contributed by atoms with Crippen LogP contribution in [-0.2, 0) is 0 Å². The Labute approximate surface area is 72.6 Å². The molecule has 2 atom stereocenters. The Morgan fingerprint density at radius 3 is 3.08 bits per heavy atom. The molecule has 2 aliphatic carbocycles. The van der Waals surface area contributed by atoms with Gasteiger partial charge in [0, 0.05) is 12.1 Å². The topological polar surface area (TPSA) is 58.6 Å². The first kappa shape index (κ1) is 8.05. The van der Waals surface area contributed by atoms with Gasteiger partial charge in [-0.2, -0.15) is 5.10 Å². The zero-order chi connectivity index (χ0) is 8.60. The van der Waals surface area contributed by atoms with E-state index >= 15 is 0 Å². The number of rotatable bonds is 0. The minimum atomic E-state index is -0.459. The summed E-state index contributed by atoms with van der Waals surface area (Å²) in [5, 5.41) is 13.8. The standard InChI is InChI=1S/C9H16N2O/c10-11-8-4-7-2-1-3-9(12,5-7)6-8/h7,12H,1-6,10H2/b11-8+/t7-,9-/m0/s1. The van der Waals surface area contributed by atoms with E-state index in [4.69, 9.17) is 5.84 Å². The van der Waals surface area contributed by atoms with Crippen molar-refractivity contribution in [3.63, 3.8) is 0 Å². The highest BCUT2D eigenvalue weighted by Gasteiger charge is 2.39. The predicted octanol–water partition coefficient (Wildman–Crippen LogP) is 1.02. The maximum atomic E-state index is 10.1. The summed E-state index contributed by atoms with van der Waals surface area (Å²) in [5.41, 5.74) is 0.549. The van der Waals surface area contributed by atoms with Crippen LogP contribution >= 0.6 is 0 Å². The molecule has 3 heteroatoms. The SMILES string of the molecule is N/N=C1\C[C@@H]2CCC[C@@](O)(C1)C2. The summed E-state index contributed by atoms with van der Waals surface area (Å²) in [6.07, 6.45) is 6.02. The summed E-state index contributed by atoms with van der Waals surface area (Å²) in [6, 6.07) is 0. The molecule has 2 saturated carbocycles. The first-order valence-electron chi connectivity index (χ1n) is 4.70. The molecule has 2 bridgehead atoms. The molecule has 0 aromatic carbocycles. The fourth-order valence-electron chi connectivity index (χ4n) is 2.68. The van der Waals surface area contributed by atoms with Crippen molar-refractivity contribution in [2.24, 2.45) is 16.9 Å². The zero-order valence-corrected chi connectivity index (χ0v) is 7.29.